The second-order valence-corrected chi connectivity index (χ2v) is 11.7. The summed E-state index contributed by atoms with van der Waals surface area (Å²) in [4.78, 5) is 25.8. The fraction of sp³-hybridized carbons (Fsp3) is 0.158. The van der Waals surface area contributed by atoms with Crippen LogP contribution in [0.4, 0.5) is 0 Å². The lowest BCUT2D eigenvalue weighted by Gasteiger charge is -2.47. The predicted octanol–water partition coefficient (Wildman–Crippen LogP) is 7.23. The van der Waals surface area contributed by atoms with Gasteiger partial charge in [-0.25, -0.2) is 9.59 Å². The van der Waals surface area contributed by atoms with Gasteiger partial charge in [0.2, 0.25) is 0 Å². The van der Waals surface area contributed by atoms with Gasteiger partial charge in [0.1, 0.15) is 0 Å². The van der Waals surface area contributed by atoms with Crippen LogP contribution in [0.25, 0.3) is 0 Å². The SMILES string of the molecule is COC(=O)c1cc2c(cc1C(=O)OC)[C@H]1c3ccccc3[C@H]2c2cc3c(cc21)C1c2ccccc2C3c2ccccc21. The van der Waals surface area contributed by atoms with E-state index in [0.29, 0.717) is 0 Å². The van der Waals surface area contributed by atoms with Crippen molar-refractivity contribution in [1.29, 1.82) is 0 Å². The molecule has 4 bridgehead atoms. The molecule has 5 aromatic carbocycles. The van der Waals surface area contributed by atoms with Crippen LogP contribution in [0.5, 0.6) is 0 Å². The van der Waals surface area contributed by atoms with E-state index < -0.39 is 11.9 Å². The normalized spacial score (nSPS) is 20.8. The number of methoxy groups -OCH3 is 2. The lowest BCUT2D eigenvalue weighted by molar-refractivity contribution is 0.0555. The monoisotopic (exact) mass is 546 g/mol. The quantitative estimate of drug-likeness (QED) is 0.215. The van der Waals surface area contributed by atoms with Gasteiger partial charge in [0.25, 0.3) is 0 Å². The molecule has 0 fully saturated rings. The maximum Gasteiger partial charge on any atom is 0.338 e. The molecule has 0 aromatic heterocycles. The number of ether oxygens (including phenoxy) is 2. The molecule has 0 spiro atoms. The van der Waals surface area contributed by atoms with Gasteiger partial charge < -0.3 is 9.47 Å². The molecule has 4 heteroatoms. The molecular weight excluding hydrogens is 520 g/mol. The van der Waals surface area contributed by atoms with Crippen molar-refractivity contribution in [3.63, 3.8) is 0 Å². The van der Waals surface area contributed by atoms with E-state index in [9.17, 15) is 9.59 Å². The zero-order valence-electron chi connectivity index (χ0n) is 23.2. The van der Waals surface area contributed by atoms with Gasteiger partial charge in [0, 0.05) is 23.7 Å². The number of carbonyl (C=O) groups excluding carboxylic acids is 2. The summed E-state index contributed by atoms with van der Waals surface area (Å²) < 4.78 is 10.2. The van der Waals surface area contributed by atoms with E-state index >= 15 is 0 Å². The first-order valence-corrected chi connectivity index (χ1v) is 14.4. The van der Waals surface area contributed by atoms with E-state index in [1.165, 1.54) is 69.9 Å². The highest BCUT2D eigenvalue weighted by Crippen LogP contribution is 2.61. The zero-order chi connectivity index (χ0) is 28.3. The Labute approximate surface area is 243 Å². The number of hydrogen-bond donors (Lipinski definition) is 0. The first-order chi connectivity index (χ1) is 20.6. The molecule has 0 saturated heterocycles. The summed E-state index contributed by atoms with van der Waals surface area (Å²) >= 11 is 0. The smallest absolute Gasteiger partial charge is 0.338 e. The Morgan fingerprint density at radius 2 is 0.643 bits per heavy atom. The molecule has 42 heavy (non-hydrogen) atoms. The Hall–Kier alpha value is -4.96. The predicted molar refractivity (Wildman–Crippen MR) is 159 cm³/mol. The van der Waals surface area contributed by atoms with Crippen molar-refractivity contribution in [2.24, 2.45) is 0 Å². The third-order valence-electron chi connectivity index (χ3n) is 10.0. The van der Waals surface area contributed by atoms with E-state index in [1.54, 1.807) is 0 Å². The fourth-order valence-electron chi connectivity index (χ4n) is 8.48. The minimum absolute atomic E-state index is 0.0532. The van der Waals surface area contributed by atoms with Crippen LogP contribution < -0.4 is 0 Å². The summed E-state index contributed by atoms with van der Waals surface area (Å²) in [7, 11) is 2.69. The van der Waals surface area contributed by atoms with Crippen LogP contribution >= 0.6 is 0 Å². The van der Waals surface area contributed by atoms with Crippen LogP contribution in [0.3, 0.4) is 0 Å². The lowest BCUT2D eigenvalue weighted by Crippen LogP contribution is -2.32. The van der Waals surface area contributed by atoms with Gasteiger partial charge in [-0.15, -0.1) is 0 Å². The van der Waals surface area contributed by atoms with Crippen molar-refractivity contribution >= 4 is 11.9 Å². The van der Waals surface area contributed by atoms with Gasteiger partial charge in [0.05, 0.1) is 25.3 Å². The first kappa shape index (κ1) is 23.7. The maximum absolute atomic E-state index is 12.9. The molecule has 0 radical (unpaired) electrons. The molecule has 6 aliphatic carbocycles. The lowest BCUT2D eigenvalue weighted by atomic mass is 9.56. The summed E-state index contributed by atoms with van der Waals surface area (Å²) in [5.74, 6) is -0.811. The van der Waals surface area contributed by atoms with Crippen LogP contribution in [0.15, 0.2) is 97.1 Å². The Bertz CT molecular complexity index is 1850. The molecule has 2 atom stereocenters. The van der Waals surface area contributed by atoms with Crippen molar-refractivity contribution in [2.45, 2.75) is 23.7 Å². The Morgan fingerprint density at radius 1 is 0.405 bits per heavy atom. The van der Waals surface area contributed by atoms with E-state index in [1.807, 2.05) is 12.1 Å². The van der Waals surface area contributed by atoms with Gasteiger partial charge in [-0.3, -0.25) is 0 Å². The second-order valence-electron chi connectivity index (χ2n) is 11.7. The molecule has 0 N–H and O–H groups in total. The van der Waals surface area contributed by atoms with Crippen molar-refractivity contribution in [1.82, 2.24) is 0 Å². The molecule has 0 unspecified atom stereocenters. The average Bonchev–Trinajstić information content (AvgIpc) is 3.05. The molecule has 5 aromatic rings. The molecule has 4 nitrogen and oxygen atoms in total. The molecule has 6 aliphatic rings. The minimum atomic E-state index is -0.538. The van der Waals surface area contributed by atoms with Crippen LogP contribution in [-0.2, 0) is 9.47 Å². The third kappa shape index (κ3) is 2.82. The van der Waals surface area contributed by atoms with Crippen LogP contribution in [0, 0.1) is 0 Å². The maximum atomic E-state index is 12.9. The summed E-state index contributed by atoms with van der Waals surface area (Å²) in [6.07, 6.45) is 0. The van der Waals surface area contributed by atoms with Gasteiger partial charge in [0.15, 0.2) is 0 Å². The van der Waals surface area contributed by atoms with Gasteiger partial charge in [-0.1, -0.05) is 84.9 Å². The Morgan fingerprint density at radius 3 is 0.905 bits per heavy atom. The van der Waals surface area contributed by atoms with Crippen LogP contribution in [0.1, 0.15) is 111 Å². The molecule has 0 saturated carbocycles. The van der Waals surface area contributed by atoms with Crippen LogP contribution in [0.2, 0.25) is 0 Å². The number of carbonyl (C=O) groups is 2. The fourth-order valence-corrected chi connectivity index (χ4v) is 8.48. The number of rotatable bonds is 2. The summed E-state index contributed by atoms with van der Waals surface area (Å²) in [5, 5.41) is 0. The average molecular weight is 547 g/mol. The Kier molecular flexibility index (Phi) is 4.68. The first-order valence-electron chi connectivity index (χ1n) is 14.4. The van der Waals surface area contributed by atoms with Crippen molar-refractivity contribution in [2.75, 3.05) is 14.2 Å². The summed E-state index contributed by atoms with van der Waals surface area (Å²) in [6.45, 7) is 0. The highest BCUT2D eigenvalue weighted by atomic mass is 16.5. The zero-order valence-corrected chi connectivity index (χ0v) is 23.2. The van der Waals surface area contributed by atoms with Gasteiger partial charge in [-0.2, -0.15) is 0 Å². The van der Waals surface area contributed by atoms with Crippen molar-refractivity contribution < 1.29 is 19.1 Å². The minimum Gasteiger partial charge on any atom is -0.465 e. The second kappa shape index (κ2) is 8.29. The number of esters is 2. The Balaban J connectivity index is 1.33. The van der Waals surface area contributed by atoms with E-state index in [4.69, 9.17) is 9.47 Å². The highest BCUT2D eigenvalue weighted by Gasteiger charge is 2.47. The molecule has 11 rings (SSSR count). The number of hydrogen-bond acceptors (Lipinski definition) is 4. The van der Waals surface area contributed by atoms with Gasteiger partial charge >= 0.3 is 11.9 Å². The third-order valence-corrected chi connectivity index (χ3v) is 10.0. The summed E-state index contributed by atoms with van der Waals surface area (Å²) in [6, 6.07) is 35.0. The molecular formula is C38H26O4. The van der Waals surface area contributed by atoms with Crippen molar-refractivity contribution in [3.8, 4) is 0 Å². The molecule has 0 amide bonds. The standard InChI is InChI=1S/C38H26O4/c1-41-37(39)31-17-29-30(18-32(31)38(40)42-2)36-24-14-8-7-13-23(24)35(29)27-15-25-26(16-28(27)36)34-21-11-5-3-9-19(21)33(25)20-10-4-6-12-22(20)34/h3-18,33-36H,1-2H3/t33?,34?,35-,36-/m0/s1. The summed E-state index contributed by atoms with van der Waals surface area (Å²) in [5.41, 5.74) is 16.0. The van der Waals surface area contributed by atoms with E-state index in [0.717, 1.165) is 11.1 Å². The van der Waals surface area contributed by atoms with E-state index in [2.05, 4.69) is 84.9 Å². The van der Waals surface area contributed by atoms with Crippen molar-refractivity contribution in [3.05, 3.63) is 175 Å². The van der Waals surface area contributed by atoms with E-state index in [-0.39, 0.29) is 34.8 Å². The topological polar surface area (TPSA) is 52.6 Å². The van der Waals surface area contributed by atoms with Gasteiger partial charge in [-0.05, 0) is 78.9 Å². The largest absolute Gasteiger partial charge is 0.465 e. The van der Waals surface area contributed by atoms with Crippen LogP contribution in [-0.4, -0.2) is 26.2 Å². The molecule has 0 aliphatic heterocycles. The molecule has 0 heterocycles. The number of benzene rings is 5. The molecule has 202 valence electrons. The highest BCUT2D eigenvalue weighted by molar-refractivity contribution is 6.04.